The van der Waals surface area contributed by atoms with E-state index in [-0.39, 0.29) is 11.6 Å². The molecule has 0 atom stereocenters. The van der Waals surface area contributed by atoms with Gasteiger partial charge in [-0.15, -0.1) is 15.3 Å². The number of fused-ring (bicyclic) bond motifs is 2. The Bertz CT molecular complexity index is 1220. The second-order valence-electron chi connectivity index (χ2n) is 6.81. The van der Waals surface area contributed by atoms with Crippen LogP contribution in [0.5, 0.6) is 0 Å². The molecule has 0 aromatic carbocycles. The molecule has 0 spiro atoms. The lowest BCUT2D eigenvalue weighted by Gasteiger charge is -2.44. The molecule has 0 bridgehead atoms. The van der Waals surface area contributed by atoms with Crippen molar-refractivity contribution in [2.75, 3.05) is 29.9 Å². The standard InChI is InChI=1S/C16H18N10O/c1-22-8-11-14(21-22)18-16(24(3)15(11)27)23(2)10-6-25(7-10)13-5-4-12-19-17-9-26(12)20-13/h4-5,8-10H,6-7H2,1-3H3. The van der Waals surface area contributed by atoms with Gasteiger partial charge < -0.3 is 9.80 Å². The fourth-order valence-corrected chi connectivity index (χ4v) is 3.40. The smallest absolute Gasteiger partial charge is 0.265 e. The van der Waals surface area contributed by atoms with Crippen molar-refractivity contribution in [1.29, 1.82) is 0 Å². The normalized spacial score (nSPS) is 14.9. The maximum Gasteiger partial charge on any atom is 0.265 e. The van der Waals surface area contributed by atoms with Crippen molar-refractivity contribution in [2.45, 2.75) is 6.04 Å². The molecule has 0 aliphatic carbocycles. The molecule has 0 radical (unpaired) electrons. The van der Waals surface area contributed by atoms with Crippen molar-refractivity contribution in [3.05, 3.63) is 35.0 Å². The first kappa shape index (κ1) is 15.7. The van der Waals surface area contributed by atoms with Crippen molar-refractivity contribution in [2.24, 2.45) is 14.1 Å². The molecule has 4 aromatic heterocycles. The summed E-state index contributed by atoms with van der Waals surface area (Å²) in [6, 6.07) is 4.06. The van der Waals surface area contributed by atoms with Crippen LogP contribution < -0.4 is 15.4 Å². The van der Waals surface area contributed by atoms with Crippen LogP contribution in [0.15, 0.2) is 29.5 Å². The highest BCUT2D eigenvalue weighted by Gasteiger charge is 2.33. The first-order valence-electron chi connectivity index (χ1n) is 8.56. The quantitative estimate of drug-likeness (QED) is 0.475. The Morgan fingerprint density at radius 2 is 2.00 bits per heavy atom. The van der Waals surface area contributed by atoms with E-state index in [1.165, 1.54) is 0 Å². The van der Waals surface area contributed by atoms with Gasteiger partial charge in [0.05, 0.1) is 6.04 Å². The fourth-order valence-electron chi connectivity index (χ4n) is 3.40. The molecule has 1 aliphatic rings. The highest BCUT2D eigenvalue weighted by atomic mass is 16.1. The largest absolute Gasteiger partial charge is 0.351 e. The summed E-state index contributed by atoms with van der Waals surface area (Å²) >= 11 is 0. The van der Waals surface area contributed by atoms with Gasteiger partial charge in [-0.1, -0.05) is 0 Å². The second-order valence-corrected chi connectivity index (χ2v) is 6.81. The van der Waals surface area contributed by atoms with E-state index in [4.69, 9.17) is 0 Å². The molecular formula is C16H18N10O. The van der Waals surface area contributed by atoms with Gasteiger partial charge in [0.15, 0.2) is 11.3 Å². The van der Waals surface area contributed by atoms with Gasteiger partial charge in [0.2, 0.25) is 5.95 Å². The molecule has 11 nitrogen and oxygen atoms in total. The average Bonchev–Trinajstić information content (AvgIpc) is 3.22. The third-order valence-corrected chi connectivity index (χ3v) is 5.05. The van der Waals surface area contributed by atoms with Crippen LogP contribution in [0.3, 0.4) is 0 Å². The Kier molecular flexibility index (Phi) is 3.20. The van der Waals surface area contributed by atoms with Gasteiger partial charge in [0, 0.05) is 40.4 Å². The lowest BCUT2D eigenvalue weighted by atomic mass is 10.1. The van der Waals surface area contributed by atoms with Gasteiger partial charge in [-0.3, -0.25) is 14.0 Å². The summed E-state index contributed by atoms with van der Waals surface area (Å²) in [4.78, 5) is 21.4. The Balaban J connectivity index is 1.39. The monoisotopic (exact) mass is 366 g/mol. The van der Waals surface area contributed by atoms with Gasteiger partial charge in [-0.05, 0) is 12.1 Å². The van der Waals surface area contributed by atoms with E-state index in [1.54, 1.807) is 40.4 Å². The maximum atomic E-state index is 12.6. The molecule has 0 saturated carbocycles. The number of likely N-dealkylation sites (N-methyl/N-ethyl adjacent to an activating group) is 1. The molecule has 138 valence electrons. The van der Waals surface area contributed by atoms with Crippen LogP contribution in [0.4, 0.5) is 11.8 Å². The summed E-state index contributed by atoms with van der Waals surface area (Å²) in [5.74, 6) is 1.48. The van der Waals surface area contributed by atoms with Crippen molar-refractivity contribution in [3.8, 4) is 0 Å². The Morgan fingerprint density at radius 3 is 2.81 bits per heavy atom. The molecule has 1 fully saturated rings. The summed E-state index contributed by atoms with van der Waals surface area (Å²) < 4.78 is 4.85. The van der Waals surface area contributed by atoms with Crippen LogP contribution in [0.2, 0.25) is 0 Å². The Hall–Kier alpha value is -3.50. The SMILES string of the molecule is CN(c1nc2nn(C)cc2c(=O)n1C)C1CN(c2ccc3nncn3n2)C1. The lowest BCUT2D eigenvalue weighted by Crippen LogP contribution is -2.60. The predicted octanol–water partition coefficient (Wildman–Crippen LogP) is -0.570. The number of aryl methyl sites for hydroxylation is 1. The summed E-state index contributed by atoms with van der Waals surface area (Å²) in [5, 5.41) is 17.1. The number of rotatable bonds is 3. The average molecular weight is 366 g/mol. The molecule has 27 heavy (non-hydrogen) atoms. The number of nitrogens with zero attached hydrogens (tertiary/aromatic N) is 10. The number of anilines is 2. The van der Waals surface area contributed by atoms with Gasteiger partial charge in [-0.25, -0.2) is 0 Å². The molecule has 1 aliphatic heterocycles. The van der Waals surface area contributed by atoms with Crippen molar-refractivity contribution in [3.63, 3.8) is 0 Å². The minimum Gasteiger partial charge on any atom is -0.351 e. The van der Waals surface area contributed by atoms with Crippen LogP contribution >= 0.6 is 0 Å². The molecule has 0 amide bonds. The summed E-state index contributed by atoms with van der Waals surface area (Å²) in [5.41, 5.74) is 1.10. The zero-order valence-electron chi connectivity index (χ0n) is 15.2. The van der Waals surface area contributed by atoms with E-state index in [0.717, 1.165) is 24.6 Å². The van der Waals surface area contributed by atoms with E-state index < -0.39 is 0 Å². The number of hydrogen-bond donors (Lipinski definition) is 0. The highest BCUT2D eigenvalue weighted by Crippen LogP contribution is 2.24. The van der Waals surface area contributed by atoms with Gasteiger partial charge in [-0.2, -0.15) is 14.6 Å². The van der Waals surface area contributed by atoms with E-state index >= 15 is 0 Å². The lowest BCUT2D eigenvalue weighted by molar-refractivity contribution is 0.479. The molecule has 4 aromatic rings. The summed E-state index contributed by atoms with van der Waals surface area (Å²) in [6.45, 7) is 1.57. The maximum absolute atomic E-state index is 12.6. The second kappa shape index (κ2) is 5.50. The van der Waals surface area contributed by atoms with E-state index in [9.17, 15) is 4.79 Å². The van der Waals surface area contributed by atoms with E-state index in [1.807, 2.05) is 24.1 Å². The highest BCUT2D eigenvalue weighted by molar-refractivity contribution is 5.74. The third-order valence-electron chi connectivity index (χ3n) is 5.05. The third kappa shape index (κ3) is 2.34. The van der Waals surface area contributed by atoms with Crippen LogP contribution in [0, 0.1) is 0 Å². The van der Waals surface area contributed by atoms with Gasteiger partial charge in [0.1, 0.15) is 17.5 Å². The zero-order valence-corrected chi connectivity index (χ0v) is 15.2. The molecule has 5 heterocycles. The van der Waals surface area contributed by atoms with Gasteiger partial charge >= 0.3 is 0 Å². The molecular weight excluding hydrogens is 348 g/mol. The topological polar surface area (TPSA) is 102 Å². The molecule has 0 unspecified atom stereocenters. The molecule has 5 rings (SSSR count). The van der Waals surface area contributed by atoms with Crippen LogP contribution in [-0.4, -0.2) is 65.3 Å². The molecule has 11 heteroatoms. The minimum atomic E-state index is -0.0918. The first-order valence-corrected chi connectivity index (χ1v) is 8.56. The van der Waals surface area contributed by atoms with E-state index in [0.29, 0.717) is 17.0 Å². The summed E-state index contributed by atoms with van der Waals surface area (Å²) in [7, 11) is 5.48. The van der Waals surface area contributed by atoms with Crippen LogP contribution in [-0.2, 0) is 14.1 Å². The predicted molar refractivity (Wildman–Crippen MR) is 98.9 cm³/mol. The Morgan fingerprint density at radius 1 is 1.19 bits per heavy atom. The summed E-state index contributed by atoms with van der Waals surface area (Å²) in [6.07, 6.45) is 3.29. The van der Waals surface area contributed by atoms with Crippen molar-refractivity contribution < 1.29 is 0 Å². The number of hydrogen-bond acceptors (Lipinski definition) is 8. The molecule has 1 saturated heterocycles. The van der Waals surface area contributed by atoms with Crippen molar-refractivity contribution in [1.82, 2.24) is 39.1 Å². The molecule has 0 N–H and O–H groups in total. The van der Waals surface area contributed by atoms with Crippen LogP contribution in [0.25, 0.3) is 16.7 Å². The fraction of sp³-hybridized carbons (Fsp3) is 0.375. The van der Waals surface area contributed by atoms with E-state index in [2.05, 4.69) is 30.3 Å². The Labute approximate surface area is 153 Å². The van der Waals surface area contributed by atoms with Crippen LogP contribution in [0.1, 0.15) is 0 Å². The first-order chi connectivity index (χ1) is 13.0. The van der Waals surface area contributed by atoms with Crippen molar-refractivity contribution >= 4 is 28.4 Å². The zero-order chi connectivity index (χ0) is 18.7. The number of aromatic nitrogens is 8. The minimum absolute atomic E-state index is 0.0918. The van der Waals surface area contributed by atoms with Gasteiger partial charge in [0.25, 0.3) is 5.56 Å².